The molecule has 1 aromatic rings. The average molecular weight is 293 g/mol. The fourth-order valence-corrected chi connectivity index (χ4v) is 2.80. The van der Waals surface area contributed by atoms with E-state index in [0.717, 1.165) is 31.7 Å². The van der Waals surface area contributed by atoms with E-state index in [4.69, 9.17) is 10.5 Å². The minimum Gasteiger partial charge on any atom is -0.504 e. The molecule has 1 aliphatic rings. The van der Waals surface area contributed by atoms with Crippen molar-refractivity contribution in [2.45, 2.75) is 25.9 Å². The molecule has 1 unspecified atom stereocenters. The maximum Gasteiger partial charge on any atom is 0.161 e. The summed E-state index contributed by atoms with van der Waals surface area (Å²) in [7, 11) is 2.13. The van der Waals surface area contributed by atoms with Crippen LogP contribution in [0.15, 0.2) is 18.2 Å². The van der Waals surface area contributed by atoms with Gasteiger partial charge in [-0.15, -0.1) is 0 Å². The molecule has 0 aliphatic carbocycles. The molecule has 3 N–H and O–H groups in total. The Balaban J connectivity index is 2.11. The third kappa shape index (κ3) is 3.87. The Morgan fingerprint density at radius 3 is 2.57 bits per heavy atom. The molecule has 1 heterocycles. The summed E-state index contributed by atoms with van der Waals surface area (Å²) in [6.45, 7) is 8.43. The van der Waals surface area contributed by atoms with Crippen LogP contribution in [0, 0.1) is 0 Å². The van der Waals surface area contributed by atoms with E-state index >= 15 is 0 Å². The van der Waals surface area contributed by atoms with E-state index in [0.29, 0.717) is 18.8 Å². The molecule has 118 valence electrons. The first kappa shape index (κ1) is 16.1. The molecule has 5 heteroatoms. The molecule has 5 nitrogen and oxygen atoms in total. The fourth-order valence-electron chi connectivity index (χ4n) is 2.80. The lowest BCUT2D eigenvalue weighted by Gasteiger charge is -2.43. The average Bonchev–Trinajstić information content (AvgIpc) is 2.44. The molecule has 1 aliphatic heterocycles. The first-order chi connectivity index (χ1) is 9.94. The number of nitrogens with two attached hydrogens (primary N) is 1. The highest BCUT2D eigenvalue weighted by Crippen LogP contribution is 2.32. The minimum absolute atomic E-state index is 0.213. The van der Waals surface area contributed by atoms with Crippen LogP contribution in [0.3, 0.4) is 0 Å². The second-order valence-corrected chi connectivity index (χ2v) is 6.02. The van der Waals surface area contributed by atoms with Crippen molar-refractivity contribution in [3.63, 3.8) is 0 Å². The van der Waals surface area contributed by atoms with Crippen molar-refractivity contribution >= 4 is 0 Å². The van der Waals surface area contributed by atoms with Gasteiger partial charge in [0.1, 0.15) is 0 Å². The summed E-state index contributed by atoms with van der Waals surface area (Å²) in [4.78, 5) is 4.60. The number of phenolic OH excluding ortho intramolecular Hbond substituents is 1. The lowest BCUT2D eigenvalue weighted by molar-refractivity contribution is 0.0542. The molecule has 2 rings (SSSR count). The predicted molar refractivity (Wildman–Crippen MR) is 84.6 cm³/mol. The number of hydrogen-bond acceptors (Lipinski definition) is 5. The topological polar surface area (TPSA) is 62.0 Å². The maximum absolute atomic E-state index is 10.3. The molecular weight excluding hydrogens is 266 g/mol. The Hall–Kier alpha value is -1.30. The van der Waals surface area contributed by atoms with E-state index in [1.165, 1.54) is 0 Å². The first-order valence-electron chi connectivity index (χ1n) is 7.60. The number of aromatic hydroxyl groups is 1. The zero-order valence-electron chi connectivity index (χ0n) is 13.3. The smallest absolute Gasteiger partial charge is 0.161 e. The Bertz CT molecular complexity index is 469. The van der Waals surface area contributed by atoms with Crippen LogP contribution < -0.4 is 10.5 Å². The standard InChI is InChI=1S/C16H27N3O2/c1-4-21-14-7-5-6-13(15(14)20)12-16(2,17)19-10-8-18(3)9-11-19/h5-7,20H,4,8-12,17H2,1-3H3. The van der Waals surface area contributed by atoms with Gasteiger partial charge in [0, 0.05) is 38.2 Å². The number of piperazine rings is 1. The quantitative estimate of drug-likeness (QED) is 0.856. The molecule has 1 atom stereocenters. The van der Waals surface area contributed by atoms with Crippen molar-refractivity contribution in [1.82, 2.24) is 9.80 Å². The van der Waals surface area contributed by atoms with Gasteiger partial charge in [-0.2, -0.15) is 0 Å². The summed E-state index contributed by atoms with van der Waals surface area (Å²) in [5.41, 5.74) is 6.89. The number of benzene rings is 1. The van der Waals surface area contributed by atoms with Crippen molar-refractivity contribution in [3.8, 4) is 11.5 Å². The van der Waals surface area contributed by atoms with Gasteiger partial charge in [0.15, 0.2) is 11.5 Å². The molecule has 0 spiro atoms. The highest BCUT2D eigenvalue weighted by Gasteiger charge is 2.31. The second kappa shape index (κ2) is 6.64. The summed E-state index contributed by atoms with van der Waals surface area (Å²) >= 11 is 0. The maximum atomic E-state index is 10.3. The minimum atomic E-state index is -0.469. The van der Waals surface area contributed by atoms with Crippen molar-refractivity contribution in [1.29, 1.82) is 0 Å². The van der Waals surface area contributed by atoms with Crippen LogP contribution >= 0.6 is 0 Å². The Kier molecular flexibility index (Phi) is 5.08. The lowest BCUT2D eigenvalue weighted by Crippen LogP contribution is -2.60. The number of ether oxygens (including phenoxy) is 1. The number of likely N-dealkylation sites (N-methyl/N-ethyl adjacent to an activating group) is 1. The van der Waals surface area contributed by atoms with Crippen molar-refractivity contribution < 1.29 is 9.84 Å². The van der Waals surface area contributed by atoms with Gasteiger partial charge in [-0.25, -0.2) is 0 Å². The largest absolute Gasteiger partial charge is 0.504 e. The number of nitrogens with zero attached hydrogens (tertiary/aromatic N) is 2. The van der Waals surface area contributed by atoms with E-state index in [1.54, 1.807) is 6.07 Å². The summed E-state index contributed by atoms with van der Waals surface area (Å²) < 4.78 is 5.44. The van der Waals surface area contributed by atoms with E-state index in [9.17, 15) is 5.11 Å². The summed E-state index contributed by atoms with van der Waals surface area (Å²) in [6, 6.07) is 5.60. The van der Waals surface area contributed by atoms with Crippen LogP contribution in [0.5, 0.6) is 11.5 Å². The van der Waals surface area contributed by atoms with Crippen molar-refractivity contribution in [2.24, 2.45) is 5.73 Å². The Labute approximate surface area is 127 Å². The summed E-state index contributed by atoms with van der Waals surface area (Å²) in [5, 5.41) is 10.3. The molecule has 0 aromatic heterocycles. The molecular formula is C16H27N3O2. The highest BCUT2D eigenvalue weighted by atomic mass is 16.5. The molecule has 0 radical (unpaired) electrons. The second-order valence-electron chi connectivity index (χ2n) is 6.02. The molecule has 0 saturated carbocycles. The van der Waals surface area contributed by atoms with E-state index in [2.05, 4.69) is 16.8 Å². The normalized spacial score (nSPS) is 20.2. The SMILES string of the molecule is CCOc1cccc(CC(C)(N)N2CCN(C)CC2)c1O. The van der Waals surface area contributed by atoms with Crippen LogP contribution in [0.25, 0.3) is 0 Å². The van der Waals surface area contributed by atoms with Crippen LogP contribution in [-0.2, 0) is 6.42 Å². The van der Waals surface area contributed by atoms with Gasteiger partial charge >= 0.3 is 0 Å². The zero-order valence-corrected chi connectivity index (χ0v) is 13.3. The molecule has 1 fully saturated rings. The number of rotatable bonds is 5. The third-order valence-corrected chi connectivity index (χ3v) is 4.16. The van der Waals surface area contributed by atoms with E-state index < -0.39 is 5.66 Å². The number of hydrogen-bond donors (Lipinski definition) is 2. The van der Waals surface area contributed by atoms with Gasteiger partial charge in [-0.3, -0.25) is 4.90 Å². The van der Waals surface area contributed by atoms with Crippen molar-refractivity contribution in [2.75, 3.05) is 39.8 Å². The zero-order chi connectivity index (χ0) is 15.5. The monoisotopic (exact) mass is 293 g/mol. The van der Waals surface area contributed by atoms with Gasteiger partial charge in [-0.05, 0) is 27.0 Å². The van der Waals surface area contributed by atoms with Crippen LogP contribution in [-0.4, -0.2) is 60.4 Å². The Morgan fingerprint density at radius 2 is 1.95 bits per heavy atom. The van der Waals surface area contributed by atoms with Gasteiger partial charge in [0.2, 0.25) is 0 Å². The molecule has 1 aromatic carbocycles. The van der Waals surface area contributed by atoms with Crippen LogP contribution in [0.2, 0.25) is 0 Å². The molecule has 1 saturated heterocycles. The first-order valence-corrected chi connectivity index (χ1v) is 7.60. The van der Waals surface area contributed by atoms with Gasteiger partial charge in [0.25, 0.3) is 0 Å². The Morgan fingerprint density at radius 1 is 1.29 bits per heavy atom. The number of phenols is 1. The van der Waals surface area contributed by atoms with Crippen molar-refractivity contribution in [3.05, 3.63) is 23.8 Å². The predicted octanol–water partition coefficient (Wildman–Crippen LogP) is 1.26. The van der Waals surface area contributed by atoms with Crippen LogP contribution in [0.4, 0.5) is 0 Å². The summed E-state index contributed by atoms with van der Waals surface area (Å²) in [5.74, 6) is 0.745. The molecule has 0 amide bonds. The van der Waals surface area contributed by atoms with Gasteiger partial charge in [0.05, 0.1) is 12.3 Å². The highest BCUT2D eigenvalue weighted by molar-refractivity contribution is 5.46. The van der Waals surface area contributed by atoms with E-state index in [1.807, 2.05) is 26.0 Å². The molecule has 21 heavy (non-hydrogen) atoms. The van der Waals surface area contributed by atoms with Gasteiger partial charge < -0.3 is 20.5 Å². The number of para-hydroxylation sites is 1. The molecule has 0 bridgehead atoms. The van der Waals surface area contributed by atoms with E-state index in [-0.39, 0.29) is 5.75 Å². The van der Waals surface area contributed by atoms with Crippen LogP contribution in [0.1, 0.15) is 19.4 Å². The third-order valence-electron chi connectivity index (χ3n) is 4.16. The lowest BCUT2D eigenvalue weighted by atomic mass is 9.98. The summed E-state index contributed by atoms with van der Waals surface area (Å²) in [6.07, 6.45) is 0.601. The fraction of sp³-hybridized carbons (Fsp3) is 0.625. The van der Waals surface area contributed by atoms with Gasteiger partial charge in [-0.1, -0.05) is 12.1 Å².